The maximum Gasteiger partial charge on any atom is 0.223 e. The largest absolute Gasteiger partial charge is 0.338 e. The van der Waals surface area contributed by atoms with Crippen LogP contribution in [0.4, 0.5) is 0 Å². The summed E-state index contributed by atoms with van der Waals surface area (Å²) in [6.07, 6.45) is 7.42. The topological polar surface area (TPSA) is 33.2 Å². The van der Waals surface area contributed by atoms with Crippen molar-refractivity contribution < 1.29 is 4.79 Å². The average molecular weight is 308 g/mol. The maximum absolute atomic E-state index is 12.8. The van der Waals surface area contributed by atoms with E-state index in [4.69, 9.17) is 0 Å². The highest BCUT2D eigenvalue weighted by molar-refractivity contribution is 5.77. The number of amides is 1. The van der Waals surface area contributed by atoms with Crippen LogP contribution in [0.2, 0.25) is 0 Å². The number of nitrogens with zero attached hydrogens (tertiary/aromatic N) is 2. The van der Waals surface area contributed by atoms with E-state index in [1.165, 1.54) is 11.1 Å². The Morgan fingerprint density at radius 1 is 1.26 bits per heavy atom. The van der Waals surface area contributed by atoms with E-state index in [0.29, 0.717) is 18.9 Å². The van der Waals surface area contributed by atoms with Crippen molar-refractivity contribution in [3.05, 3.63) is 65.5 Å². The standard InChI is InChI=1S/C20H24N2O/c1-2-12-22(15-16-6-5-11-21-14-16)20(23)13-18-10-9-17-7-3-4-8-19(17)18/h3-8,11,14,18H,2,9-10,12-13,15H2,1H3/t18-/m1/s1. The van der Waals surface area contributed by atoms with Crippen molar-refractivity contribution in [2.24, 2.45) is 0 Å². The minimum Gasteiger partial charge on any atom is -0.338 e. The lowest BCUT2D eigenvalue weighted by atomic mass is 9.97. The van der Waals surface area contributed by atoms with Crippen molar-refractivity contribution in [1.82, 2.24) is 9.88 Å². The first-order valence-electron chi connectivity index (χ1n) is 8.52. The summed E-state index contributed by atoms with van der Waals surface area (Å²) in [5.74, 6) is 0.643. The van der Waals surface area contributed by atoms with Gasteiger partial charge in [-0.3, -0.25) is 9.78 Å². The van der Waals surface area contributed by atoms with Crippen molar-refractivity contribution in [1.29, 1.82) is 0 Å². The molecule has 0 fully saturated rings. The van der Waals surface area contributed by atoms with Gasteiger partial charge >= 0.3 is 0 Å². The van der Waals surface area contributed by atoms with Crippen LogP contribution in [-0.2, 0) is 17.8 Å². The van der Waals surface area contributed by atoms with Crippen molar-refractivity contribution in [2.75, 3.05) is 6.54 Å². The lowest BCUT2D eigenvalue weighted by Crippen LogP contribution is -2.32. The van der Waals surface area contributed by atoms with Gasteiger partial charge in [0.15, 0.2) is 0 Å². The third-order valence-corrected chi connectivity index (χ3v) is 4.62. The molecule has 23 heavy (non-hydrogen) atoms. The Hall–Kier alpha value is -2.16. The average Bonchev–Trinajstić information content (AvgIpc) is 2.99. The van der Waals surface area contributed by atoms with Gasteiger partial charge in [0.25, 0.3) is 0 Å². The minimum atomic E-state index is 0.261. The molecule has 0 saturated heterocycles. The van der Waals surface area contributed by atoms with Crippen LogP contribution in [0.1, 0.15) is 48.8 Å². The summed E-state index contributed by atoms with van der Waals surface area (Å²) in [7, 11) is 0. The van der Waals surface area contributed by atoms with Crippen LogP contribution in [0.15, 0.2) is 48.8 Å². The van der Waals surface area contributed by atoms with E-state index in [1.807, 2.05) is 23.2 Å². The Morgan fingerprint density at radius 2 is 2.13 bits per heavy atom. The first-order chi connectivity index (χ1) is 11.3. The third-order valence-electron chi connectivity index (χ3n) is 4.62. The van der Waals surface area contributed by atoms with E-state index in [-0.39, 0.29) is 5.91 Å². The molecule has 0 radical (unpaired) electrons. The zero-order valence-electron chi connectivity index (χ0n) is 13.7. The van der Waals surface area contributed by atoms with Crippen molar-refractivity contribution >= 4 is 5.91 Å². The van der Waals surface area contributed by atoms with E-state index >= 15 is 0 Å². The zero-order valence-corrected chi connectivity index (χ0v) is 13.7. The van der Waals surface area contributed by atoms with Gasteiger partial charge < -0.3 is 4.90 Å². The molecule has 1 amide bonds. The molecule has 0 saturated carbocycles. The molecule has 2 aromatic rings. The molecule has 1 aliphatic carbocycles. The lowest BCUT2D eigenvalue weighted by Gasteiger charge is -2.24. The number of pyridine rings is 1. The highest BCUT2D eigenvalue weighted by Crippen LogP contribution is 2.35. The van der Waals surface area contributed by atoms with E-state index < -0.39 is 0 Å². The predicted octanol–water partition coefficient (Wildman–Crippen LogP) is 3.94. The molecule has 0 aliphatic heterocycles. The van der Waals surface area contributed by atoms with Gasteiger partial charge in [0.05, 0.1) is 0 Å². The molecule has 120 valence electrons. The molecule has 1 aliphatic rings. The van der Waals surface area contributed by atoms with E-state index in [2.05, 4.69) is 36.2 Å². The molecule has 0 unspecified atom stereocenters. The van der Waals surface area contributed by atoms with Gasteiger partial charge in [-0.2, -0.15) is 0 Å². The van der Waals surface area contributed by atoms with Gasteiger partial charge in [-0.1, -0.05) is 37.3 Å². The Kier molecular flexibility index (Phi) is 5.06. The van der Waals surface area contributed by atoms with Gasteiger partial charge in [0, 0.05) is 31.9 Å². The highest BCUT2D eigenvalue weighted by atomic mass is 16.2. The summed E-state index contributed by atoms with van der Waals surface area (Å²) in [6, 6.07) is 12.5. The van der Waals surface area contributed by atoms with Crippen molar-refractivity contribution in [3.63, 3.8) is 0 Å². The van der Waals surface area contributed by atoms with Crippen LogP contribution in [0.3, 0.4) is 0 Å². The van der Waals surface area contributed by atoms with Gasteiger partial charge in [0.1, 0.15) is 0 Å². The monoisotopic (exact) mass is 308 g/mol. The Morgan fingerprint density at radius 3 is 2.91 bits per heavy atom. The van der Waals surface area contributed by atoms with Gasteiger partial charge in [0.2, 0.25) is 5.91 Å². The summed E-state index contributed by atoms with van der Waals surface area (Å²) < 4.78 is 0. The number of aromatic nitrogens is 1. The fourth-order valence-corrected chi connectivity index (χ4v) is 3.47. The molecule has 1 aromatic carbocycles. The predicted molar refractivity (Wildman–Crippen MR) is 92.1 cm³/mol. The summed E-state index contributed by atoms with van der Waals surface area (Å²) in [5.41, 5.74) is 3.89. The number of aryl methyl sites for hydroxylation is 1. The molecule has 0 N–H and O–H groups in total. The first-order valence-corrected chi connectivity index (χ1v) is 8.52. The van der Waals surface area contributed by atoms with Crippen LogP contribution in [0.5, 0.6) is 0 Å². The molecule has 3 nitrogen and oxygen atoms in total. The molecule has 1 heterocycles. The highest BCUT2D eigenvalue weighted by Gasteiger charge is 2.26. The summed E-state index contributed by atoms with van der Waals surface area (Å²) >= 11 is 0. The SMILES string of the molecule is CCCN(Cc1cccnc1)C(=O)C[C@H]1CCc2ccccc21. The van der Waals surface area contributed by atoms with E-state index in [0.717, 1.165) is 31.4 Å². The lowest BCUT2D eigenvalue weighted by molar-refractivity contribution is -0.132. The molecule has 3 heteroatoms. The number of rotatable bonds is 6. The number of fused-ring (bicyclic) bond motifs is 1. The third kappa shape index (κ3) is 3.79. The normalized spacial score (nSPS) is 16.1. The molecule has 1 aromatic heterocycles. The quantitative estimate of drug-likeness (QED) is 0.810. The fraction of sp³-hybridized carbons (Fsp3) is 0.400. The fourth-order valence-electron chi connectivity index (χ4n) is 3.47. The summed E-state index contributed by atoms with van der Waals surface area (Å²) in [6.45, 7) is 3.59. The zero-order chi connectivity index (χ0) is 16.1. The van der Waals surface area contributed by atoms with E-state index in [1.54, 1.807) is 6.20 Å². The number of carbonyl (C=O) groups excluding carboxylic acids is 1. The van der Waals surface area contributed by atoms with Crippen LogP contribution < -0.4 is 0 Å². The minimum absolute atomic E-state index is 0.261. The number of hydrogen-bond acceptors (Lipinski definition) is 2. The van der Waals surface area contributed by atoms with Crippen LogP contribution in [-0.4, -0.2) is 22.3 Å². The van der Waals surface area contributed by atoms with Gasteiger partial charge in [-0.25, -0.2) is 0 Å². The van der Waals surface area contributed by atoms with Crippen LogP contribution in [0.25, 0.3) is 0 Å². The summed E-state index contributed by atoms with van der Waals surface area (Å²) in [4.78, 5) is 18.9. The number of carbonyl (C=O) groups is 1. The molecular weight excluding hydrogens is 284 g/mol. The molecular formula is C20H24N2O. The van der Waals surface area contributed by atoms with Gasteiger partial charge in [-0.15, -0.1) is 0 Å². The maximum atomic E-state index is 12.8. The Labute approximate surface area is 138 Å². The summed E-state index contributed by atoms with van der Waals surface area (Å²) in [5, 5.41) is 0. The molecule has 0 spiro atoms. The second-order valence-corrected chi connectivity index (χ2v) is 6.32. The van der Waals surface area contributed by atoms with Gasteiger partial charge in [-0.05, 0) is 47.9 Å². The molecule has 3 rings (SSSR count). The number of benzene rings is 1. The second kappa shape index (κ2) is 7.40. The van der Waals surface area contributed by atoms with Crippen LogP contribution in [0, 0.1) is 0 Å². The van der Waals surface area contributed by atoms with E-state index in [9.17, 15) is 4.79 Å². The van der Waals surface area contributed by atoms with Crippen molar-refractivity contribution in [3.8, 4) is 0 Å². The first kappa shape index (κ1) is 15.7. The Balaban J connectivity index is 1.67. The molecule has 1 atom stereocenters. The van der Waals surface area contributed by atoms with Crippen molar-refractivity contribution in [2.45, 2.75) is 45.1 Å². The number of hydrogen-bond donors (Lipinski definition) is 0. The van der Waals surface area contributed by atoms with Crippen LogP contribution >= 0.6 is 0 Å². The smallest absolute Gasteiger partial charge is 0.223 e. The molecule has 0 bridgehead atoms. The second-order valence-electron chi connectivity index (χ2n) is 6.32. The Bertz CT molecular complexity index is 654.